The molecule has 0 saturated heterocycles. The van der Waals surface area contributed by atoms with Crippen molar-refractivity contribution in [1.82, 2.24) is 0 Å². The maximum absolute atomic E-state index is 10.0. The largest absolute Gasteiger partial charge is 0.480 e. The van der Waals surface area contributed by atoms with Crippen LogP contribution in [-0.2, 0) is 9.59 Å². The van der Waals surface area contributed by atoms with Crippen molar-refractivity contribution in [3.63, 3.8) is 0 Å². The predicted molar refractivity (Wildman–Crippen MR) is 39.6 cm³/mol. The van der Waals surface area contributed by atoms with Crippen LogP contribution in [0.1, 0.15) is 0 Å². The van der Waals surface area contributed by atoms with E-state index in [0.29, 0.717) is 0 Å². The predicted octanol–water partition coefficient (Wildman–Crippen LogP) is -0.539. The number of nitrogens with two attached hydrogens (primary N) is 1. The number of carboxylic acid groups (broad SMARTS) is 2. The van der Waals surface area contributed by atoms with Gasteiger partial charge in [-0.05, 0) is 0 Å². The van der Waals surface area contributed by atoms with Gasteiger partial charge in [-0.2, -0.15) is 0 Å². The van der Waals surface area contributed by atoms with Crippen molar-refractivity contribution in [2.75, 3.05) is 0 Å². The van der Waals surface area contributed by atoms with E-state index in [4.69, 9.17) is 15.9 Å². The summed E-state index contributed by atoms with van der Waals surface area (Å²) in [5.41, 5.74) is 4.36. The zero-order valence-corrected chi connectivity index (χ0v) is 6.30. The molecule has 0 aromatic heterocycles. The summed E-state index contributed by atoms with van der Waals surface area (Å²) < 4.78 is 0. The third kappa shape index (κ3) is 3.59. The van der Waals surface area contributed by atoms with Crippen LogP contribution in [0.2, 0.25) is 0 Å². The van der Waals surface area contributed by atoms with Crippen LogP contribution in [0.15, 0.2) is 12.2 Å². The van der Waals surface area contributed by atoms with E-state index in [-0.39, 0.29) is 12.4 Å². The van der Waals surface area contributed by atoms with Crippen molar-refractivity contribution >= 4 is 24.3 Å². The van der Waals surface area contributed by atoms with Crippen molar-refractivity contribution in [3.8, 4) is 0 Å². The summed E-state index contributed by atoms with van der Waals surface area (Å²) in [4.78, 5) is 20.0. The molecule has 11 heavy (non-hydrogen) atoms. The summed E-state index contributed by atoms with van der Waals surface area (Å²) in [7, 11) is 0. The minimum absolute atomic E-state index is 0. The van der Waals surface area contributed by atoms with Gasteiger partial charge >= 0.3 is 11.9 Å². The number of hydrogen-bond acceptors (Lipinski definition) is 3. The molecule has 0 aliphatic carbocycles. The van der Waals surface area contributed by atoms with Gasteiger partial charge in [-0.15, -0.1) is 12.4 Å². The standard InChI is InChI=1S/C5H7NO4.ClH/c1-2(4(7)8)3(6)5(9)10;/h3H,1,6H2,(H,7,8)(H,9,10);1H. The number of halogens is 1. The second-order valence-corrected chi connectivity index (χ2v) is 1.65. The fraction of sp³-hybridized carbons (Fsp3) is 0.200. The van der Waals surface area contributed by atoms with E-state index in [1.165, 1.54) is 0 Å². The van der Waals surface area contributed by atoms with E-state index in [1.54, 1.807) is 0 Å². The van der Waals surface area contributed by atoms with E-state index < -0.39 is 23.6 Å². The zero-order chi connectivity index (χ0) is 8.31. The lowest BCUT2D eigenvalue weighted by molar-refractivity contribution is -0.140. The van der Waals surface area contributed by atoms with Crippen LogP contribution in [-0.4, -0.2) is 28.2 Å². The normalized spacial score (nSPS) is 11.0. The summed E-state index contributed by atoms with van der Waals surface area (Å²) in [5, 5.41) is 16.3. The topological polar surface area (TPSA) is 101 Å². The van der Waals surface area contributed by atoms with Crippen molar-refractivity contribution in [2.45, 2.75) is 6.04 Å². The molecule has 1 atom stereocenters. The summed E-state index contributed by atoms with van der Waals surface area (Å²) >= 11 is 0. The molecule has 0 aromatic rings. The first-order valence-electron chi connectivity index (χ1n) is 2.37. The average molecular weight is 182 g/mol. The zero-order valence-electron chi connectivity index (χ0n) is 5.48. The van der Waals surface area contributed by atoms with Gasteiger partial charge in [0.2, 0.25) is 0 Å². The molecule has 5 nitrogen and oxygen atoms in total. The van der Waals surface area contributed by atoms with Crippen molar-refractivity contribution in [1.29, 1.82) is 0 Å². The van der Waals surface area contributed by atoms with Gasteiger partial charge in [0.05, 0.1) is 5.57 Å². The number of carboxylic acids is 2. The molecule has 0 aliphatic rings. The lowest BCUT2D eigenvalue weighted by Crippen LogP contribution is -2.34. The van der Waals surface area contributed by atoms with E-state index in [2.05, 4.69) is 6.58 Å². The Morgan fingerprint density at radius 1 is 1.36 bits per heavy atom. The third-order valence-corrected chi connectivity index (χ3v) is 0.916. The Morgan fingerprint density at radius 2 is 1.73 bits per heavy atom. The molecule has 4 N–H and O–H groups in total. The third-order valence-electron chi connectivity index (χ3n) is 0.916. The number of rotatable bonds is 3. The Hall–Kier alpha value is -1.07. The minimum Gasteiger partial charge on any atom is -0.480 e. The van der Waals surface area contributed by atoms with Crippen molar-refractivity contribution in [3.05, 3.63) is 12.2 Å². The van der Waals surface area contributed by atoms with Gasteiger partial charge in [0.25, 0.3) is 0 Å². The van der Waals surface area contributed by atoms with Gasteiger partial charge in [0.1, 0.15) is 6.04 Å². The SMILES string of the molecule is C=C(C(=O)O)C(N)C(=O)O.Cl. The average Bonchev–Trinajstić information content (AvgIpc) is 1.84. The summed E-state index contributed by atoms with van der Waals surface area (Å²) in [6, 6.07) is -1.52. The lowest BCUT2D eigenvalue weighted by atomic mass is 10.1. The highest BCUT2D eigenvalue weighted by molar-refractivity contribution is 5.95. The molecule has 64 valence electrons. The highest BCUT2D eigenvalue weighted by atomic mass is 35.5. The monoisotopic (exact) mass is 181 g/mol. The minimum atomic E-state index is -1.52. The molecule has 0 amide bonds. The maximum Gasteiger partial charge on any atom is 0.333 e. The van der Waals surface area contributed by atoms with Gasteiger partial charge in [-0.1, -0.05) is 6.58 Å². The first-order chi connectivity index (χ1) is 4.46. The van der Waals surface area contributed by atoms with Crippen LogP contribution >= 0.6 is 12.4 Å². The number of hydrogen-bond donors (Lipinski definition) is 3. The van der Waals surface area contributed by atoms with Crippen LogP contribution in [0.3, 0.4) is 0 Å². The van der Waals surface area contributed by atoms with Crippen LogP contribution in [0.25, 0.3) is 0 Å². The molecule has 0 rings (SSSR count). The van der Waals surface area contributed by atoms with E-state index in [1.807, 2.05) is 0 Å². The van der Waals surface area contributed by atoms with Crippen LogP contribution < -0.4 is 5.73 Å². The fourth-order valence-electron chi connectivity index (χ4n) is 0.282. The van der Waals surface area contributed by atoms with Gasteiger partial charge in [-0.3, -0.25) is 4.79 Å². The Balaban J connectivity index is 0. The Labute approximate surface area is 68.9 Å². The summed E-state index contributed by atoms with van der Waals surface area (Å²) in [5.74, 6) is -2.79. The van der Waals surface area contributed by atoms with Gasteiger partial charge < -0.3 is 15.9 Å². The molecular formula is C5H8ClNO4. The van der Waals surface area contributed by atoms with Gasteiger partial charge in [0.15, 0.2) is 0 Å². The maximum atomic E-state index is 10.0. The first-order valence-corrected chi connectivity index (χ1v) is 2.37. The molecule has 0 bridgehead atoms. The quantitative estimate of drug-likeness (QED) is 0.508. The number of carbonyl (C=O) groups is 2. The Bertz CT molecular complexity index is 191. The molecule has 0 heterocycles. The molecule has 1 unspecified atom stereocenters. The summed E-state index contributed by atoms with van der Waals surface area (Å²) in [6.45, 7) is 2.97. The van der Waals surface area contributed by atoms with Crippen LogP contribution in [0.5, 0.6) is 0 Å². The highest BCUT2D eigenvalue weighted by Gasteiger charge is 2.20. The first kappa shape index (κ1) is 12.6. The molecular weight excluding hydrogens is 174 g/mol. The molecule has 0 aliphatic heterocycles. The smallest absolute Gasteiger partial charge is 0.333 e. The van der Waals surface area contributed by atoms with E-state index in [0.717, 1.165) is 0 Å². The Morgan fingerprint density at radius 3 is 1.82 bits per heavy atom. The fourth-order valence-corrected chi connectivity index (χ4v) is 0.282. The van der Waals surface area contributed by atoms with Crippen LogP contribution in [0.4, 0.5) is 0 Å². The van der Waals surface area contributed by atoms with Gasteiger partial charge in [0, 0.05) is 0 Å². The number of aliphatic carboxylic acids is 2. The summed E-state index contributed by atoms with van der Waals surface area (Å²) in [6.07, 6.45) is 0. The highest BCUT2D eigenvalue weighted by Crippen LogP contribution is 1.95. The molecule has 6 heteroatoms. The van der Waals surface area contributed by atoms with Crippen LogP contribution in [0, 0.1) is 0 Å². The van der Waals surface area contributed by atoms with E-state index in [9.17, 15) is 9.59 Å². The van der Waals surface area contributed by atoms with Crippen molar-refractivity contribution < 1.29 is 19.8 Å². The second-order valence-electron chi connectivity index (χ2n) is 1.65. The Kier molecular flexibility index (Phi) is 5.38. The molecule has 0 aromatic carbocycles. The molecule has 0 fully saturated rings. The molecule has 0 radical (unpaired) electrons. The van der Waals surface area contributed by atoms with Gasteiger partial charge in [-0.25, -0.2) is 4.79 Å². The van der Waals surface area contributed by atoms with Crippen molar-refractivity contribution in [2.24, 2.45) is 5.73 Å². The second kappa shape index (κ2) is 4.70. The lowest BCUT2D eigenvalue weighted by Gasteiger charge is -2.03. The molecule has 0 spiro atoms. The molecule has 0 saturated carbocycles. The van der Waals surface area contributed by atoms with E-state index >= 15 is 0 Å².